The van der Waals surface area contributed by atoms with E-state index in [0.29, 0.717) is 25.9 Å². The Morgan fingerprint density at radius 1 is 1.09 bits per heavy atom. The first-order valence-corrected chi connectivity index (χ1v) is 12.0. The van der Waals surface area contributed by atoms with Crippen molar-refractivity contribution >= 4 is 33.4 Å². The molecule has 1 unspecified atom stereocenters. The summed E-state index contributed by atoms with van der Waals surface area (Å²) in [7, 11) is 1.70. The van der Waals surface area contributed by atoms with Gasteiger partial charge in [0.15, 0.2) is 0 Å². The maximum Gasteiger partial charge on any atom is 0.224 e. The van der Waals surface area contributed by atoms with E-state index in [1.807, 2.05) is 41.3 Å². The smallest absolute Gasteiger partial charge is 0.224 e. The number of amides is 2. The summed E-state index contributed by atoms with van der Waals surface area (Å²) in [6, 6.07) is 18.4. The molecule has 5 rings (SSSR count). The molecule has 3 heterocycles. The minimum Gasteiger partial charge on any atom is -0.359 e. The molecule has 0 aliphatic carbocycles. The van der Waals surface area contributed by atoms with Gasteiger partial charge in [-0.25, -0.2) is 4.98 Å². The third-order valence-corrected chi connectivity index (χ3v) is 7.88. The molecule has 2 saturated heterocycles. The number of rotatable bonds is 6. The highest BCUT2D eigenvalue weighted by Gasteiger charge is 2.57. The van der Waals surface area contributed by atoms with Gasteiger partial charge in [-0.3, -0.25) is 14.5 Å². The normalized spacial score (nSPS) is 19.9. The summed E-state index contributed by atoms with van der Waals surface area (Å²) in [5.41, 5.74) is 2.12. The molecule has 0 bridgehead atoms. The van der Waals surface area contributed by atoms with E-state index in [2.05, 4.69) is 33.4 Å². The molecule has 7 heteroatoms. The summed E-state index contributed by atoms with van der Waals surface area (Å²) in [6.45, 7) is 3.75. The minimum absolute atomic E-state index is 0.0791. The second kappa shape index (κ2) is 8.64. The topological polar surface area (TPSA) is 65.5 Å². The zero-order valence-electron chi connectivity index (χ0n) is 18.3. The maximum atomic E-state index is 12.9. The number of carbonyl (C=O) groups excluding carboxylic acids is 2. The van der Waals surface area contributed by atoms with Crippen LogP contribution in [-0.2, 0) is 22.6 Å². The molecule has 1 N–H and O–H groups in total. The summed E-state index contributed by atoms with van der Waals surface area (Å²) in [5.74, 6) is 0.165. The van der Waals surface area contributed by atoms with E-state index < -0.39 is 0 Å². The molecule has 3 aromatic rings. The average Bonchev–Trinajstić information content (AvgIpc) is 3.38. The minimum atomic E-state index is -0.138. The Bertz CT molecular complexity index is 1090. The number of fused-ring (bicyclic) bond motifs is 1. The summed E-state index contributed by atoms with van der Waals surface area (Å²) in [4.78, 5) is 34.4. The number of hydrogen-bond acceptors (Lipinski definition) is 5. The molecule has 2 aliphatic heterocycles. The van der Waals surface area contributed by atoms with E-state index in [9.17, 15) is 9.59 Å². The number of likely N-dealkylation sites (tertiary alicyclic amines) is 2. The molecule has 32 heavy (non-hydrogen) atoms. The fraction of sp³-hybridized carbons (Fsp3) is 0.400. The van der Waals surface area contributed by atoms with Crippen LogP contribution in [0, 0.1) is 11.3 Å². The lowest BCUT2D eigenvalue weighted by atomic mass is 9.71. The van der Waals surface area contributed by atoms with E-state index in [0.717, 1.165) is 34.9 Å². The molecule has 0 saturated carbocycles. The molecule has 1 atom stereocenters. The molecule has 166 valence electrons. The van der Waals surface area contributed by atoms with Crippen molar-refractivity contribution in [1.82, 2.24) is 20.1 Å². The number of thiazole rings is 1. The van der Waals surface area contributed by atoms with Gasteiger partial charge >= 0.3 is 0 Å². The van der Waals surface area contributed by atoms with Crippen molar-refractivity contribution in [1.29, 1.82) is 0 Å². The Morgan fingerprint density at radius 3 is 2.59 bits per heavy atom. The van der Waals surface area contributed by atoms with Crippen LogP contribution >= 0.6 is 11.3 Å². The van der Waals surface area contributed by atoms with Crippen molar-refractivity contribution in [3.05, 3.63) is 65.2 Å². The molecule has 2 fully saturated rings. The molecule has 6 nitrogen and oxygen atoms in total. The number of benzene rings is 2. The zero-order chi connectivity index (χ0) is 22.1. The van der Waals surface area contributed by atoms with Gasteiger partial charge in [0.1, 0.15) is 0 Å². The second-order valence-corrected chi connectivity index (χ2v) is 10.1. The molecule has 1 aromatic heterocycles. The van der Waals surface area contributed by atoms with E-state index in [4.69, 9.17) is 0 Å². The van der Waals surface area contributed by atoms with Crippen LogP contribution in [-0.4, -0.2) is 59.8 Å². The Kier molecular flexibility index (Phi) is 5.69. The van der Waals surface area contributed by atoms with E-state index in [1.54, 1.807) is 18.4 Å². The third kappa shape index (κ3) is 4.02. The Balaban J connectivity index is 1.20. The highest BCUT2D eigenvalue weighted by atomic mass is 32.1. The van der Waals surface area contributed by atoms with Gasteiger partial charge in [-0.05, 0) is 17.7 Å². The van der Waals surface area contributed by atoms with Gasteiger partial charge in [-0.2, -0.15) is 0 Å². The lowest BCUT2D eigenvalue weighted by Gasteiger charge is -2.50. The van der Waals surface area contributed by atoms with Crippen molar-refractivity contribution in [3.63, 3.8) is 0 Å². The average molecular weight is 449 g/mol. The molecule has 0 radical (unpaired) electrons. The Labute approximate surface area is 192 Å². The van der Waals surface area contributed by atoms with Gasteiger partial charge in [0.25, 0.3) is 0 Å². The van der Waals surface area contributed by atoms with Crippen LogP contribution < -0.4 is 5.32 Å². The summed E-state index contributed by atoms with van der Waals surface area (Å²) in [6.07, 6.45) is 1.13. The lowest BCUT2D eigenvalue weighted by molar-refractivity contribution is -0.149. The van der Waals surface area contributed by atoms with Crippen LogP contribution in [0.3, 0.4) is 0 Å². The van der Waals surface area contributed by atoms with Gasteiger partial charge in [-0.15, -0.1) is 11.3 Å². The predicted molar refractivity (Wildman–Crippen MR) is 126 cm³/mol. The Hall–Kier alpha value is -2.77. The van der Waals surface area contributed by atoms with Gasteiger partial charge in [0.05, 0.1) is 21.1 Å². The van der Waals surface area contributed by atoms with Crippen LogP contribution in [0.25, 0.3) is 10.2 Å². The highest BCUT2D eigenvalue weighted by Crippen LogP contribution is 2.44. The van der Waals surface area contributed by atoms with Crippen molar-refractivity contribution in [3.8, 4) is 0 Å². The first-order valence-electron chi connectivity index (χ1n) is 11.2. The van der Waals surface area contributed by atoms with Crippen molar-refractivity contribution < 1.29 is 9.59 Å². The number of aryl methyl sites for hydroxylation is 1. The maximum absolute atomic E-state index is 12.9. The third-order valence-electron chi connectivity index (χ3n) is 6.79. The van der Waals surface area contributed by atoms with Crippen molar-refractivity contribution in [2.75, 3.05) is 33.2 Å². The Morgan fingerprint density at radius 2 is 1.84 bits per heavy atom. The molecule has 2 amide bonds. The number of para-hydroxylation sites is 1. The monoisotopic (exact) mass is 448 g/mol. The molecule has 2 aromatic carbocycles. The zero-order valence-corrected chi connectivity index (χ0v) is 19.1. The number of nitrogens with one attached hydrogen (secondary N) is 1. The van der Waals surface area contributed by atoms with Gasteiger partial charge in [0.2, 0.25) is 11.8 Å². The highest BCUT2D eigenvalue weighted by molar-refractivity contribution is 7.18. The van der Waals surface area contributed by atoms with Crippen LogP contribution in [0.4, 0.5) is 0 Å². The van der Waals surface area contributed by atoms with E-state index >= 15 is 0 Å². The molecule has 2 aliphatic rings. The number of aromatic nitrogens is 1. The standard InChI is InChI=1S/C25H28N4O2S/c1-26-24(31)19-14-28(13-18-7-3-2-4-8-18)15-25(19)16-29(17-25)23(30)12-11-22-27-20-9-5-6-10-21(20)32-22/h2-10,19H,11-17H2,1H3,(H,26,31). The summed E-state index contributed by atoms with van der Waals surface area (Å²) < 4.78 is 1.16. The molecule has 1 spiro atoms. The van der Waals surface area contributed by atoms with Crippen LogP contribution in [0.2, 0.25) is 0 Å². The number of carbonyl (C=O) groups is 2. The summed E-state index contributed by atoms with van der Waals surface area (Å²) >= 11 is 1.66. The summed E-state index contributed by atoms with van der Waals surface area (Å²) in [5, 5.41) is 3.85. The van der Waals surface area contributed by atoms with Crippen molar-refractivity contribution in [2.45, 2.75) is 19.4 Å². The largest absolute Gasteiger partial charge is 0.359 e. The van der Waals surface area contributed by atoms with Crippen LogP contribution in [0.1, 0.15) is 17.0 Å². The SMILES string of the molecule is CNC(=O)C1CN(Cc2ccccc2)CC12CN(C(=O)CCc1nc3ccccc3s1)C2. The van der Waals surface area contributed by atoms with Crippen LogP contribution in [0.15, 0.2) is 54.6 Å². The quantitative estimate of drug-likeness (QED) is 0.630. The first-order chi connectivity index (χ1) is 15.6. The fourth-order valence-corrected chi connectivity index (χ4v) is 6.15. The van der Waals surface area contributed by atoms with Gasteiger partial charge in [0, 0.05) is 58.0 Å². The first kappa shape index (κ1) is 21.1. The number of hydrogen-bond donors (Lipinski definition) is 1. The van der Waals surface area contributed by atoms with Gasteiger partial charge in [-0.1, -0.05) is 42.5 Å². The van der Waals surface area contributed by atoms with E-state index in [-0.39, 0.29) is 23.1 Å². The second-order valence-electron chi connectivity index (χ2n) is 9.01. The molecular formula is C25H28N4O2S. The lowest BCUT2D eigenvalue weighted by Crippen LogP contribution is -2.63. The van der Waals surface area contributed by atoms with Crippen molar-refractivity contribution in [2.24, 2.45) is 11.3 Å². The van der Waals surface area contributed by atoms with Crippen LogP contribution in [0.5, 0.6) is 0 Å². The fourth-order valence-electron chi connectivity index (χ4n) is 5.18. The van der Waals surface area contributed by atoms with Gasteiger partial charge < -0.3 is 10.2 Å². The predicted octanol–water partition coefficient (Wildman–Crippen LogP) is 2.94. The molecular weight excluding hydrogens is 420 g/mol. The van der Waals surface area contributed by atoms with E-state index in [1.165, 1.54) is 5.56 Å². The number of nitrogens with zero attached hydrogens (tertiary/aromatic N) is 3.